The predicted octanol–water partition coefficient (Wildman–Crippen LogP) is 3.41. The molecule has 4 rings (SSSR count). The van der Waals surface area contributed by atoms with Crippen LogP contribution in [-0.4, -0.2) is 36.1 Å². The molecule has 0 unspecified atom stereocenters. The molecule has 0 radical (unpaired) electrons. The van der Waals surface area contributed by atoms with E-state index in [-0.39, 0.29) is 23.9 Å². The van der Waals surface area contributed by atoms with Crippen molar-refractivity contribution < 1.29 is 19.1 Å². The Labute approximate surface area is 171 Å². The number of rotatable bonds is 4. The molecule has 3 heterocycles. The highest BCUT2D eigenvalue weighted by atomic mass is 16.6. The molecular formula is C23H28N2O4. The molecule has 1 aromatic heterocycles. The number of allylic oxidation sites excluding steroid dienone is 3. The normalized spacial score (nSPS) is 26.2. The van der Waals surface area contributed by atoms with Gasteiger partial charge in [0.05, 0.1) is 11.7 Å². The van der Waals surface area contributed by atoms with Crippen LogP contribution >= 0.6 is 0 Å². The summed E-state index contributed by atoms with van der Waals surface area (Å²) in [5.74, 6) is -0.779. The molecule has 29 heavy (non-hydrogen) atoms. The minimum absolute atomic E-state index is 0.0415. The van der Waals surface area contributed by atoms with Crippen molar-refractivity contribution in [3.63, 3.8) is 0 Å². The lowest BCUT2D eigenvalue weighted by atomic mass is 9.69. The number of nitrogens with zero attached hydrogens (tertiary/aromatic N) is 1. The van der Waals surface area contributed by atoms with Crippen LogP contribution in [0.2, 0.25) is 0 Å². The van der Waals surface area contributed by atoms with Gasteiger partial charge >= 0.3 is 5.97 Å². The SMILES string of the molecule is CC1=C(C(=O)OC[C@@H]2CCCO2)[C@H](c2cccnc2)C2=C(CC(C)(C)CC2=O)N1. The second-order valence-corrected chi connectivity index (χ2v) is 8.95. The van der Waals surface area contributed by atoms with E-state index >= 15 is 0 Å². The Morgan fingerprint density at radius 3 is 2.90 bits per heavy atom. The van der Waals surface area contributed by atoms with Crippen LogP contribution in [0.15, 0.2) is 47.1 Å². The lowest BCUT2D eigenvalue weighted by Crippen LogP contribution is -2.39. The second kappa shape index (κ2) is 7.75. The summed E-state index contributed by atoms with van der Waals surface area (Å²) in [5.41, 5.74) is 3.53. The highest BCUT2D eigenvalue weighted by molar-refractivity contribution is 6.04. The molecule has 1 aromatic rings. The maximum absolute atomic E-state index is 13.2. The zero-order valence-corrected chi connectivity index (χ0v) is 17.3. The van der Waals surface area contributed by atoms with E-state index in [4.69, 9.17) is 9.47 Å². The molecule has 0 bridgehead atoms. The van der Waals surface area contributed by atoms with Crippen LogP contribution in [0.4, 0.5) is 0 Å². The topological polar surface area (TPSA) is 77.5 Å². The molecule has 0 saturated carbocycles. The number of ketones is 1. The lowest BCUT2D eigenvalue weighted by Gasteiger charge is -2.39. The first-order valence-electron chi connectivity index (χ1n) is 10.3. The molecule has 1 aliphatic carbocycles. The van der Waals surface area contributed by atoms with Gasteiger partial charge in [0.15, 0.2) is 5.78 Å². The molecule has 3 aliphatic rings. The number of Topliss-reactive ketones (excluding diaryl/α,β-unsaturated/α-hetero) is 1. The smallest absolute Gasteiger partial charge is 0.336 e. The van der Waals surface area contributed by atoms with E-state index in [0.29, 0.717) is 24.2 Å². The summed E-state index contributed by atoms with van der Waals surface area (Å²) >= 11 is 0. The molecular weight excluding hydrogens is 368 g/mol. The van der Waals surface area contributed by atoms with E-state index in [1.165, 1.54) is 0 Å². The Bertz CT molecular complexity index is 879. The van der Waals surface area contributed by atoms with Crippen molar-refractivity contribution in [3.05, 3.63) is 52.6 Å². The average molecular weight is 396 g/mol. The number of hydrogen-bond donors (Lipinski definition) is 1. The highest BCUT2D eigenvalue weighted by Gasteiger charge is 2.43. The number of hydrogen-bond acceptors (Lipinski definition) is 6. The summed E-state index contributed by atoms with van der Waals surface area (Å²) in [7, 11) is 0. The summed E-state index contributed by atoms with van der Waals surface area (Å²) in [4.78, 5) is 30.5. The van der Waals surface area contributed by atoms with Crippen LogP contribution in [0, 0.1) is 5.41 Å². The van der Waals surface area contributed by atoms with E-state index in [0.717, 1.165) is 36.2 Å². The quantitative estimate of drug-likeness (QED) is 0.786. The number of carbonyl (C=O) groups excluding carboxylic acids is 2. The van der Waals surface area contributed by atoms with Gasteiger partial charge in [-0.1, -0.05) is 19.9 Å². The third kappa shape index (κ3) is 3.99. The zero-order chi connectivity index (χ0) is 20.6. The van der Waals surface area contributed by atoms with Crippen LogP contribution in [0.5, 0.6) is 0 Å². The predicted molar refractivity (Wildman–Crippen MR) is 108 cm³/mol. The first-order valence-corrected chi connectivity index (χ1v) is 10.3. The Kier molecular flexibility index (Phi) is 5.30. The molecule has 0 aromatic carbocycles. The maximum Gasteiger partial charge on any atom is 0.336 e. The number of esters is 1. The Morgan fingerprint density at radius 2 is 2.21 bits per heavy atom. The fraction of sp³-hybridized carbons (Fsp3) is 0.522. The molecule has 6 heteroatoms. The average Bonchev–Trinajstić information content (AvgIpc) is 3.18. The minimum Gasteiger partial charge on any atom is -0.459 e. The number of ether oxygens (including phenoxy) is 2. The van der Waals surface area contributed by atoms with Crippen LogP contribution in [0.1, 0.15) is 57.9 Å². The molecule has 0 amide bonds. The highest BCUT2D eigenvalue weighted by Crippen LogP contribution is 2.46. The van der Waals surface area contributed by atoms with Gasteiger partial charge in [-0.25, -0.2) is 4.79 Å². The first-order chi connectivity index (χ1) is 13.9. The Balaban J connectivity index is 1.70. The fourth-order valence-corrected chi connectivity index (χ4v) is 4.61. The van der Waals surface area contributed by atoms with Gasteiger partial charge in [0.2, 0.25) is 0 Å². The minimum atomic E-state index is -0.458. The molecule has 1 N–H and O–H groups in total. The van der Waals surface area contributed by atoms with Crippen LogP contribution in [0.3, 0.4) is 0 Å². The molecule has 1 saturated heterocycles. The van der Waals surface area contributed by atoms with Crippen LogP contribution < -0.4 is 5.32 Å². The number of carbonyl (C=O) groups is 2. The number of nitrogens with one attached hydrogen (secondary N) is 1. The second-order valence-electron chi connectivity index (χ2n) is 8.95. The van der Waals surface area contributed by atoms with E-state index in [1.807, 2.05) is 19.1 Å². The van der Waals surface area contributed by atoms with Crippen molar-refractivity contribution in [1.82, 2.24) is 10.3 Å². The Hall–Kier alpha value is -2.47. The van der Waals surface area contributed by atoms with Gasteiger partial charge in [-0.05, 0) is 43.2 Å². The summed E-state index contributed by atoms with van der Waals surface area (Å²) in [6.07, 6.45) is 6.50. The number of aromatic nitrogens is 1. The number of pyridine rings is 1. The van der Waals surface area contributed by atoms with Crippen LogP contribution in [-0.2, 0) is 19.1 Å². The third-order valence-electron chi connectivity index (χ3n) is 5.90. The molecule has 6 nitrogen and oxygen atoms in total. The molecule has 2 atom stereocenters. The van der Waals surface area contributed by atoms with Crippen molar-refractivity contribution in [3.8, 4) is 0 Å². The van der Waals surface area contributed by atoms with E-state index in [1.54, 1.807) is 12.4 Å². The van der Waals surface area contributed by atoms with E-state index < -0.39 is 11.9 Å². The van der Waals surface area contributed by atoms with Crippen LogP contribution in [0.25, 0.3) is 0 Å². The molecule has 0 spiro atoms. The number of dihydropyridines is 1. The van der Waals surface area contributed by atoms with Gasteiger partial charge < -0.3 is 14.8 Å². The van der Waals surface area contributed by atoms with Gasteiger partial charge in [-0.3, -0.25) is 9.78 Å². The largest absolute Gasteiger partial charge is 0.459 e. The zero-order valence-electron chi connectivity index (χ0n) is 17.3. The summed E-state index contributed by atoms with van der Waals surface area (Å²) in [6, 6.07) is 3.75. The van der Waals surface area contributed by atoms with Crippen molar-refractivity contribution in [2.75, 3.05) is 13.2 Å². The van der Waals surface area contributed by atoms with Gasteiger partial charge in [-0.15, -0.1) is 0 Å². The fourth-order valence-electron chi connectivity index (χ4n) is 4.61. The Morgan fingerprint density at radius 1 is 1.38 bits per heavy atom. The monoisotopic (exact) mass is 396 g/mol. The third-order valence-corrected chi connectivity index (χ3v) is 5.90. The van der Waals surface area contributed by atoms with Crippen molar-refractivity contribution in [2.45, 2.75) is 58.5 Å². The van der Waals surface area contributed by atoms with E-state index in [2.05, 4.69) is 24.1 Å². The maximum atomic E-state index is 13.2. The summed E-state index contributed by atoms with van der Waals surface area (Å²) < 4.78 is 11.2. The molecule has 2 aliphatic heterocycles. The summed E-state index contributed by atoms with van der Waals surface area (Å²) in [6.45, 7) is 7.02. The van der Waals surface area contributed by atoms with Crippen molar-refractivity contribution in [2.24, 2.45) is 5.41 Å². The van der Waals surface area contributed by atoms with Crippen molar-refractivity contribution >= 4 is 11.8 Å². The first kappa shape index (κ1) is 19.8. The van der Waals surface area contributed by atoms with Crippen molar-refractivity contribution in [1.29, 1.82) is 0 Å². The molecule has 154 valence electrons. The molecule has 1 fully saturated rings. The van der Waals surface area contributed by atoms with Gasteiger partial charge in [-0.2, -0.15) is 0 Å². The van der Waals surface area contributed by atoms with E-state index in [9.17, 15) is 9.59 Å². The van der Waals surface area contributed by atoms with Gasteiger partial charge in [0.1, 0.15) is 6.61 Å². The van der Waals surface area contributed by atoms with Gasteiger partial charge in [0, 0.05) is 48.3 Å². The van der Waals surface area contributed by atoms with Gasteiger partial charge in [0.25, 0.3) is 0 Å². The lowest BCUT2D eigenvalue weighted by molar-refractivity contribution is -0.142. The summed E-state index contributed by atoms with van der Waals surface area (Å²) in [5, 5.41) is 3.35. The standard InChI is InChI=1S/C23H28N2O4/c1-14-19(22(27)29-13-16-7-5-9-28-16)20(15-6-4-8-24-12-15)21-17(25-14)10-23(2,3)11-18(21)26/h4,6,8,12,16,20,25H,5,7,9-11,13H2,1-3H3/t16-,20-/m0/s1.